The number of rotatable bonds is 2. The first-order chi connectivity index (χ1) is 6.24. The summed E-state index contributed by atoms with van der Waals surface area (Å²) in [7, 11) is 1.57. The predicted molar refractivity (Wildman–Crippen MR) is 50.9 cm³/mol. The maximum absolute atomic E-state index is 11.2. The van der Waals surface area contributed by atoms with E-state index in [2.05, 4.69) is 0 Å². The van der Waals surface area contributed by atoms with Crippen LogP contribution >= 0.6 is 11.6 Å². The zero-order valence-electron chi connectivity index (χ0n) is 7.24. The number of nitrogens with zero attached hydrogens (tertiary/aromatic N) is 1. The van der Waals surface area contributed by atoms with Gasteiger partial charge >= 0.3 is 6.09 Å². The van der Waals surface area contributed by atoms with Crippen molar-refractivity contribution in [3.05, 3.63) is 30.3 Å². The van der Waals surface area contributed by atoms with Crippen molar-refractivity contribution in [2.24, 2.45) is 0 Å². The van der Waals surface area contributed by atoms with Gasteiger partial charge in [0, 0.05) is 7.05 Å². The Hall–Kier alpha value is -1.22. The highest BCUT2D eigenvalue weighted by atomic mass is 35.5. The third-order valence-electron chi connectivity index (χ3n) is 1.44. The molecule has 1 rings (SSSR count). The highest BCUT2D eigenvalue weighted by Gasteiger charge is 2.08. The molecule has 0 heterocycles. The molecule has 0 aliphatic heterocycles. The number of carbonyl (C=O) groups is 1. The van der Waals surface area contributed by atoms with E-state index in [-0.39, 0.29) is 6.00 Å². The number of hydrogen-bond donors (Lipinski definition) is 0. The molecule has 3 nitrogen and oxygen atoms in total. The van der Waals surface area contributed by atoms with Gasteiger partial charge in [-0.3, -0.25) is 4.90 Å². The normalized spacial score (nSPS) is 9.38. The van der Waals surface area contributed by atoms with Crippen molar-refractivity contribution >= 4 is 17.7 Å². The highest BCUT2D eigenvalue weighted by molar-refractivity contribution is 6.18. The van der Waals surface area contributed by atoms with Crippen molar-refractivity contribution in [3.8, 4) is 5.75 Å². The Morgan fingerprint density at radius 3 is 2.62 bits per heavy atom. The first-order valence-electron chi connectivity index (χ1n) is 3.78. The predicted octanol–water partition coefficient (Wildman–Crippen LogP) is 2.31. The number of ether oxygens (including phenoxy) is 1. The fourth-order valence-corrected chi connectivity index (χ4v) is 0.814. The lowest BCUT2D eigenvalue weighted by Gasteiger charge is -2.12. The number of hydrogen-bond acceptors (Lipinski definition) is 2. The van der Waals surface area contributed by atoms with Crippen LogP contribution in [0.1, 0.15) is 0 Å². The van der Waals surface area contributed by atoms with Crippen molar-refractivity contribution in [3.63, 3.8) is 0 Å². The van der Waals surface area contributed by atoms with Crippen LogP contribution in [0.15, 0.2) is 30.3 Å². The number of carbonyl (C=O) groups excluding carboxylic acids is 1. The molecule has 0 saturated carbocycles. The van der Waals surface area contributed by atoms with Crippen LogP contribution in [0.4, 0.5) is 4.79 Å². The highest BCUT2D eigenvalue weighted by Crippen LogP contribution is 2.09. The van der Waals surface area contributed by atoms with Gasteiger partial charge in [0.05, 0.1) is 6.00 Å². The minimum Gasteiger partial charge on any atom is -0.410 e. The maximum atomic E-state index is 11.2. The lowest BCUT2D eigenvalue weighted by molar-refractivity contribution is 0.169. The zero-order valence-corrected chi connectivity index (χ0v) is 7.99. The lowest BCUT2D eigenvalue weighted by Crippen LogP contribution is -2.28. The molecular weight excluding hydrogens is 190 g/mol. The average Bonchev–Trinajstić information content (AvgIpc) is 2.18. The van der Waals surface area contributed by atoms with Crippen molar-refractivity contribution in [2.45, 2.75) is 0 Å². The first kappa shape index (κ1) is 9.86. The Morgan fingerprint density at radius 2 is 2.08 bits per heavy atom. The molecule has 0 aromatic heterocycles. The largest absolute Gasteiger partial charge is 0.415 e. The number of benzene rings is 1. The Bertz CT molecular complexity index is 276. The van der Waals surface area contributed by atoms with E-state index in [0.29, 0.717) is 5.75 Å². The second kappa shape index (κ2) is 4.72. The summed E-state index contributed by atoms with van der Waals surface area (Å²) in [6, 6.07) is 8.97. The van der Waals surface area contributed by atoms with Crippen LogP contribution in [0.5, 0.6) is 5.75 Å². The van der Waals surface area contributed by atoms with Gasteiger partial charge in [0.15, 0.2) is 0 Å². The van der Waals surface area contributed by atoms with Gasteiger partial charge in [-0.25, -0.2) is 4.79 Å². The molecular formula is C9H10ClNO2. The van der Waals surface area contributed by atoms with Crippen LogP contribution in [-0.4, -0.2) is 24.0 Å². The molecule has 0 radical (unpaired) electrons. The number of halogens is 1. The van der Waals surface area contributed by atoms with Crippen LogP contribution in [0.3, 0.4) is 0 Å². The van der Waals surface area contributed by atoms with Gasteiger partial charge in [0.2, 0.25) is 0 Å². The van der Waals surface area contributed by atoms with Crippen LogP contribution in [-0.2, 0) is 0 Å². The number of amides is 1. The number of para-hydroxylation sites is 1. The summed E-state index contributed by atoms with van der Waals surface area (Å²) in [6.45, 7) is 0. The first-order valence-corrected chi connectivity index (χ1v) is 4.31. The molecule has 1 aromatic carbocycles. The number of alkyl halides is 1. The van der Waals surface area contributed by atoms with E-state index in [9.17, 15) is 4.79 Å². The van der Waals surface area contributed by atoms with E-state index in [1.807, 2.05) is 6.07 Å². The lowest BCUT2D eigenvalue weighted by atomic mass is 10.3. The second-order valence-corrected chi connectivity index (χ2v) is 2.74. The Morgan fingerprint density at radius 1 is 1.46 bits per heavy atom. The van der Waals surface area contributed by atoms with Crippen molar-refractivity contribution < 1.29 is 9.53 Å². The second-order valence-electron chi connectivity index (χ2n) is 2.50. The van der Waals surface area contributed by atoms with E-state index < -0.39 is 6.09 Å². The SMILES string of the molecule is CN(CCl)C(=O)Oc1ccccc1. The third kappa shape index (κ3) is 2.95. The molecule has 13 heavy (non-hydrogen) atoms. The monoisotopic (exact) mass is 199 g/mol. The topological polar surface area (TPSA) is 29.5 Å². The van der Waals surface area contributed by atoms with Crippen molar-refractivity contribution in [1.82, 2.24) is 4.90 Å². The molecule has 4 heteroatoms. The summed E-state index contributed by atoms with van der Waals surface area (Å²) >= 11 is 5.44. The van der Waals surface area contributed by atoms with Gasteiger partial charge in [-0.2, -0.15) is 0 Å². The van der Waals surface area contributed by atoms with Gasteiger partial charge in [-0.05, 0) is 12.1 Å². The molecule has 0 atom stereocenters. The molecule has 0 N–H and O–H groups in total. The van der Waals surface area contributed by atoms with E-state index in [1.165, 1.54) is 4.90 Å². The Kier molecular flexibility index (Phi) is 3.58. The van der Waals surface area contributed by atoms with Gasteiger partial charge in [-0.1, -0.05) is 18.2 Å². The molecule has 1 amide bonds. The fraction of sp³-hybridized carbons (Fsp3) is 0.222. The third-order valence-corrected chi connectivity index (χ3v) is 1.80. The fourth-order valence-electron chi connectivity index (χ4n) is 0.716. The molecule has 0 bridgehead atoms. The molecule has 0 fully saturated rings. The van der Waals surface area contributed by atoms with Gasteiger partial charge < -0.3 is 4.74 Å². The van der Waals surface area contributed by atoms with E-state index in [0.717, 1.165) is 0 Å². The standard InChI is InChI=1S/C9H10ClNO2/c1-11(7-10)9(12)13-8-5-3-2-4-6-8/h2-6H,7H2,1H3. The minimum absolute atomic E-state index is 0.117. The summed E-state index contributed by atoms with van der Waals surface area (Å²) < 4.78 is 4.97. The quantitative estimate of drug-likeness (QED) is 0.541. The Balaban J connectivity index is 2.55. The summed E-state index contributed by atoms with van der Waals surface area (Å²) in [5.41, 5.74) is 0. The smallest absolute Gasteiger partial charge is 0.410 e. The summed E-state index contributed by atoms with van der Waals surface area (Å²) in [5.74, 6) is 0.518. The summed E-state index contributed by atoms with van der Waals surface area (Å²) in [6.07, 6.45) is -0.457. The van der Waals surface area contributed by atoms with Crippen molar-refractivity contribution in [1.29, 1.82) is 0 Å². The van der Waals surface area contributed by atoms with E-state index in [4.69, 9.17) is 16.3 Å². The molecule has 70 valence electrons. The maximum Gasteiger partial charge on any atom is 0.415 e. The molecule has 0 saturated heterocycles. The molecule has 0 aliphatic carbocycles. The molecule has 1 aromatic rings. The molecule has 0 unspecified atom stereocenters. The van der Waals surface area contributed by atoms with E-state index >= 15 is 0 Å². The zero-order chi connectivity index (χ0) is 9.68. The van der Waals surface area contributed by atoms with Gasteiger partial charge in [-0.15, -0.1) is 11.6 Å². The molecule has 0 spiro atoms. The van der Waals surface area contributed by atoms with Crippen LogP contribution < -0.4 is 4.74 Å². The summed E-state index contributed by atoms with van der Waals surface area (Å²) in [5, 5.41) is 0. The van der Waals surface area contributed by atoms with Crippen LogP contribution in [0.25, 0.3) is 0 Å². The van der Waals surface area contributed by atoms with Crippen molar-refractivity contribution in [2.75, 3.05) is 13.1 Å². The van der Waals surface area contributed by atoms with Crippen LogP contribution in [0.2, 0.25) is 0 Å². The van der Waals surface area contributed by atoms with Crippen LogP contribution in [0, 0.1) is 0 Å². The molecule has 0 aliphatic rings. The minimum atomic E-state index is -0.457. The average molecular weight is 200 g/mol. The summed E-state index contributed by atoms with van der Waals surface area (Å²) in [4.78, 5) is 12.4. The van der Waals surface area contributed by atoms with E-state index in [1.54, 1.807) is 31.3 Å². The Labute approximate surface area is 81.9 Å². The van der Waals surface area contributed by atoms with Gasteiger partial charge in [0.1, 0.15) is 5.75 Å². The van der Waals surface area contributed by atoms with Gasteiger partial charge in [0.25, 0.3) is 0 Å².